The van der Waals surface area contributed by atoms with Crippen molar-refractivity contribution in [3.05, 3.63) is 89.7 Å². The van der Waals surface area contributed by atoms with Crippen LogP contribution in [0, 0.1) is 6.92 Å². The van der Waals surface area contributed by atoms with Gasteiger partial charge in [0, 0.05) is 12.1 Å². The van der Waals surface area contributed by atoms with Gasteiger partial charge in [0.1, 0.15) is 17.3 Å². The van der Waals surface area contributed by atoms with Crippen LogP contribution < -0.4 is 15.6 Å². The molecule has 0 aliphatic carbocycles. The smallest absolute Gasteiger partial charge is 0.273 e. The molecule has 4 aromatic rings. The summed E-state index contributed by atoms with van der Waals surface area (Å²) in [5.41, 5.74) is 7.33. The molecule has 0 bridgehead atoms. The summed E-state index contributed by atoms with van der Waals surface area (Å²) in [4.78, 5) is 29.7. The minimum atomic E-state index is -0.480. The lowest BCUT2D eigenvalue weighted by Gasteiger charge is -2.12. The number of imidazole rings is 1. The van der Waals surface area contributed by atoms with Gasteiger partial charge in [-0.1, -0.05) is 30.3 Å². The summed E-state index contributed by atoms with van der Waals surface area (Å²) in [5.74, 6) is 0.982. The van der Waals surface area contributed by atoms with E-state index in [1.54, 1.807) is 48.5 Å². The number of nitrogens with one attached hydrogen (secondary N) is 2. The summed E-state index contributed by atoms with van der Waals surface area (Å²) >= 11 is 0. The average Bonchev–Trinajstić information content (AvgIpc) is 3.12. The maximum Gasteiger partial charge on any atom is 0.273 e. The highest BCUT2D eigenvalue weighted by molar-refractivity contribution is 6.01. The molecule has 31 heavy (non-hydrogen) atoms. The lowest BCUT2D eigenvalue weighted by molar-refractivity contribution is 0.0845. The number of rotatable bonds is 5. The Hall–Kier alpha value is -4.13. The van der Waals surface area contributed by atoms with Crippen LogP contribution in [-0.4, -0.2) is 21.4 Å². The highest BCUT2D eigenvalue weighted by Crippen LogP contribution is 2.25. The van der Waals surface area contributed by atoms with E-state index in [1.165, 1.54) is 0 Å². The number of amides is 2. The number of benzene rings is 3. The molecule has 0 aliphatic rings. The van der Waals surface area contributed by atoms with Crippen LogP contribution in [0.25, 0.3) is 11.0 Å². The molecule has 1 aromatic heterocycles. The summed E-state index contributed by atoms with van der Waals surface area (Å²) in [7, 11) is 0. The monoisotopic (exact) mass is 414 g/mol. The number of aromatic nitrogens is 2. The van der Waals surface area contributed by atoms with Crippen molar-refractivity contribution in [1.82, 2.24) is 20.4 Å². The van der Waals surface area contributed by atoms with Crippen LogP contribution in [0.5, 0.6) is 11.5 Å². The Bertz CT molecular complexity index is 1250. The maximum absolute atomic E-state index is 12.7. The zero-order valence-electron chi connectivity index (χ0n) is 17.3. The Morgan fingerprint density at radius 2 is 1.65 bits per heavy atom. The van der Waals surface area contributed by atoms with Crippen LogP contribution in [0.2, 0.25) is 0 Å². The second-order valence-electron chi connectivity index (χ2n) is 6.93. The van der Waals surface area contributed by atoms with E-state index in [2.05, 4.69) is 20.4 Å². The molecule has 0 unspecified atom stereocenters. The molecule has 156 valence electrons. The third kappa shape index (κ3) is 4.25. The van der Waals surface area contributed by atoms with E-state index in [0.717, 1.165) is 23.4 Å². The van der Waals surface area contributed by atoms with Crippen molar-refractivity contribution in [2.45, 2.75) is 20.4 Å². The highest BCUT2D eigenvalue weighted by atomic mass is 16.5. The molecule has 0 saturated carbocycles. The van der Waals surface area contributed by atoms with Crippen molar-refractivity contribution in [1.29, 1.82) is 0 Å². The molecule has 7 nitrogen and oxygen atoms in total. The van der Waals surface area contributed by atoms with Crippen LogP contribution >= 0.6 is 0 Å². The zero-order valence-corrected chi connectivity index (χ0v) is 17.3. The van der Waals surface area contributed by atoms with Gasteiger partial charge >= 0.3 is 0 Å². The molecule has 0 atom stereocenters. The molecular formula is C24H22N4O3. The average molecular weight is 414 g/mol. The highest BCUT2D eigenvalue weighted by Gasteiger charge is 2.15. The Kier molecular flexibility index (Phi) is 5.66. The molecule has 0 radical (unpaired) electrons. The van der Waals surface area contributed by atoms with Gasteiger partial charge in [-0.3, -0.25) is 20.4 Å². The molecular weight excluding hydrogens is 392 g/mol. The van der Waals surface area contributed by atoms with Gasteiger partial charge in [0.2, 0.25) is 0 Å². The first-order chi connectivity index (χ1) is 15.1. The third-order valence-electron chi connectivity index (χ3n) is 4.91. The van der Waals surface area contributed by atoms with Crippen molar-refractivity contribution in [2.24, 2.45) is 0 Å². The van der Waals surface area contributed by atoms with Crippen LogP contribution in [0.3, 0.4) is 0 Å². The van der Waals surface area contributed by atoms with Crippen LogP contribution in [0.15, 0.2) is 72.8 Å². The van der Waals surface area contributed by atoms with E-state index in [-0.39, 0.29) is 0 Å². The normalized spacial score (nSPS) is 10.6. The van der Waals surface area contributed by atoms with E-state index in [0.29, 0.717) is 22.6 Å². The van der Waals surface area contributed by atoms with Crippen molar-refractivity contribution < 1.29 is 14.3 Å². The number of fused-ring (bicyclic) bond motifs is 1. The van der Waals surface area contributed by atoms with E-state index in [9.17, 15) is 9.59 Å². The minimum Gasteiger partial charge on any atom is -0.457 e. The van der Waals surface area contributed by atoms with Crippen LogP contribution in [0.4, 0.5) is 0 Å². The largest absolute Gasteiger partial charge is 0.457 e. The molecule has 4 rings (SSSR count). The number of ether oxygens (including phenoxy) is 1. The maximum atomic E-state index is 12.7. The van der Waals surface area contributed by atoms with Crippen LogP contribution in [-0.2, 0) is 6.54 Å². The standard InChI is InChI=1S/C24H22N4O3/c1-3-28-16(2)25-20-15-17(13-14-21(20)28)23(29)26-27-24(30)19-11-7-8-12-22(19)31-18-9-5-4-6-10-18/h4-15H,3H2,1-2H3,(H,26,29)(H,27,30). The number of hydrazine groups is 1. The Morgan fingerprint density at radius 1 is 0.935 bits per heavy atom. The quantitative estimate of drug-likeness (QED) is 0.479. The zero-order chi connectivity index (χ0) is 21.8. The predicted molar refractivity (Wildman–Crippen MR) is 118 cm³/mol. The second-order valence-corrected chi connectivity index (χ2v) is 6.93. The number of hydrogen-bond donors (Lipinski definition) is 2. The van der Waals surface area contributed by atoms with E-state index in [1.807, 2.05) is 38.1 Å². The van der Waals surface area contributed by atoms with Gasteiger partial charge in [-0.2, -0.15) is 0 Å². The van der Waals surface area contributed by atoms with Gasteiger partial charge in [0.25, 0.3) is 11.8 Å². The topological polar surface area (TPSA) is 85.3 Å². The van der Waals surface area contributed by atoms with Crippen molar-refractivity contribution in [3.63, 3.8) is 0 Å². The molecule has 0 aliphatic heterocycles. The van der Waals surface area contributed by atoms with Gasteiger partial charge < -0.3 is 9.30 Å². The number of para-hydroxylation sites is 2. The number of carbonyl (C=O) groups is 2. The summed E-state index contributed by atoms with van der Waals surface area (Å²) in [6.07, 6.45) is 0. The summed E-state index contributed by atoms with van der Waals surface area (Å²) in [6.45, 7) is 4.77. The Labute approximate surface area is 179 Å². The lowest BCUT2D eigenvalue weighted by Crippen LogP contribution is -2.41. The molecule has 2 amide bonds. The fourth-order valence-corrected chi connectivity index (χ4v) is 3.40. The number of hydrogen-bond acceptors (Lipinski definition) is 4. The molecule has 1 heterocycles. The van der Waals surface area contributed by atoms with Gasteiger partial charge in [-0.15, -0.1) is 0 Å². The van der Waals surface area contributed by atoms with Crippen molar-refractivity contribution in [3.8, 4) is 11.5 Å². The summed E-state index contributed by atoms with van der Waals surface area (Å²) in [5, 5.41) is 0. The van der Waals surface area contributed by atoms with Crippen LogP contribution in [0.1, 0.15) is 33.5 Å². The molecule has 0 spiro atoms. The number of aryl methyl sites for hydroxylation is 2. The number of nitrogens with zero attached hydrogens (tertiary/aromatic N) is 2. The first-order valence-electron chi connectivity index (χ1n) is 9.96. The number of carbonyl (C=O) groups excluding carboxylic acids is 2. The first-order valence-corrected chi connectivity index (χ1v) is 9.96. The molecule has 3 aromatic carbocycles. The van der Waals surface area contributed by atoms with E-state index in [4.69, 9.17) is 4.74 Å². The van der Waals surface area contributed by atoms with E-state index >= 15 is 0 Å². The molecule has 2 N–H and O–H groups in total. The fourth-order valence-electron chi connectivity index (χ4n) is 3.40. The van der Waals surface area contributed by atoms with Crippen molar-refractivity contribution in [2.75, 3.05) is 0 Å². The van der Waals surface area contributed by atoms with Gasteiger partial charge in [0.05, 0.1) is 16.6 Å². The Morgan fingerprint density at radius 3 is 2.42 bits per heavy atom. The first kappa shape index (κ1) is 20.2. The minimum absolute atomic E-state index is 0.305. The fraction of sp³-hybridized carbons (Fsp3) is 0.125. The second kappa shape index (κ2) is 8.71. The molecule has 0 saturated heterocycles. The summed E-state index contributed by atoms with van der Waals surface area (Å²) < 4.78 is 7.88. The summed E-state index contributed by atoms with van der Waals surface area (Å²) in [6, 6.07) is 21.3. The lowest BCUT2D eigenvalue weighted by atomic mass is 10.2. The van der Waals surface area contributed by atoms with Gasteiger partial charge in [-0.25, -0.2) is 4.98 Å². The molecule has 7 heteroatoms. The van der Waals surface area contributed by atoms with E-state index < -0.39 is 11.8 Å². The van der Waals surface area contributed by atoms with Gasteiger partial charge in [0.15, 0.2) is 0 Å². The van der Waals surface area contributed by atoms with Gasteiger partial charge in [-0.05, 0) is 56.3 Å². The molecule has 0 fully saturated rings. The van der Waals surface area contributed by atoms with Crippen molar-refractivity contribution >= 4 is 22.8 Å². The third-order valence-corrected chi connectivity index (χ3v) is 4.91. The Balaban J connectivity index is 1.47. The SMILES string of the molecule is CCn1c(C)nc2cc(C(=O)NNC(=O)c3ccccc3Oc3ccccc3)ccc21. The predicted octanol–water partition coefficient (Wildman–Crippen LogP) is 4.23.